The van der Waals surface area contributed by atoms with Gasteiger partial charge in [0.05, 0.1) is 13.2 Å². The van der Waals surface area contributed by atoms with Crippen LogP contribution in [0.4, 0.5) is 0 Å². The molecular weight excluding hydrogens is 288 g/mol. The Bertz CT molecular complexity index is 572. The molecule has 1 atom stereocenters. The monoisotopic (exact) mass is 316 g/mol. The normalized spacial score (nSPS) is 26.3. The molecule has 1 aromatic rings. The summed E-state index contributed by atoms with van der Waals surface area (Å²) in [6.07, 6.45) is 0.621. The number of hydrogen-bond donors (Lipinski definition) is 0. The highest BCUT2D eigenvalue weighted by molar-refractivity contribution is 5.79. The molecule has 0 aromatic heterocycles. The van der Waals surface area contributed by atoms with Gasteiger partial charge in [-0.1, -0.05) is 29.8 Å². The quantitative estimate of drug-likeness (QED) is 0.859. The van der Waals surface area contributed by atoms with Gasteiger partial charge in [0.25, 0.3) is 0 Å². The molecule has 2 aliphatic heterocycles. The molecule has 0 saturated carbocycles. The van der Waals surface area contributed by atoms with Crippen LogP contribution >= 0.6 is 0 Å². The van der Waals surface area contributed by atoms with Crippen LogP contribution in [0.3, 0.4) is 0 Å². The van der Waals surface area contributed by atoms with E-state index in [-0.39, 0.29) is 17.4 Å². The highest BCUT2D eigenvalue weighted by Crippen LogP contribution is 2.35. The van der Waals surface area contributed by atoms with Gasteiger partial charge in [-0.25, -0.2) is 0 Å². The van der Waals surface area contributed by atoms with Gasteiger partial charge in [0.1, 0.15) is 0 Å². The first-order chi connectivity index (χ1) is 11.0. The summed E-state index contributed by atoms with van der Waals surface area (Å²) in [6.45, 7) is 11.4. The largest absolute Gasteiger partial charge is 0.379 e. The zero-order valence-electron chi connectivity index (χ0n) is 14.5. The Labute approximate surface area is 139 Å². The molecule has 0 bridgehead atoms. The van der Waals surface area contributed by atoms with E-state index in [2.05, 4.69) is 49.9 Å². The summed E-state index contributed by atoms with van der Waals surface area (Å²) in [6, 6.07) is 8.96. The van der Waals surface area contributed by atoms with Crippen LogP contribution in [-0.4, -0.2) is 54.6 Å². The Kier molecular flexibility index (Phi) is 4.74. The molecule has 4 heteroatoms. The van der Waals surface area contributed by atoms with Crippen molar-refractivity contribution in [3.63, 3.8) is 0 Å². The molecule has 3 rings (SSSR count). The molecule has 0 aliphatic carbocycles. The average molecular weight is 316 g/mol. The first kappa shape index (κ1) is 16.5. The van der Waals surface area contributed by atoms with E-state index in [4.69, 9.17) is 4.74 Å². The van der Waals surface area contributed by atoms with Crippen LogP contribution in [0.2, 0.25) is 0 Å². The first-order valence-corrected chi connectivity index (χ1v) is 8.63. The van der Waals surface area contributed by atoms with Crippen molar-refractivity contribution < 1.29 is 9.53 Å². The van der Waals surface area contributed by atoms with Gasteiger partial charge in [-0.15, -0.1) is 0 Å². The van der Waals surface area contributed by atoms with Crippen LogP contribution in [0.25, 0.3) is 0 Å². The standard InChI is InChI=1S/C19H28N2O2/c1-15(2)21-13-19(10-18(21)22)12-20(7-8-23-14-19)11-17-6-4-5-16(3)9-17/h4-6,9,15H,7-8,10-14H2,1-3H3/t19-/m0/s1. The van der Waals surface area contributed by atoms with Crippen molar-refractivity contribution in [3.05, 3.63) is 35.4 Å². The lowest BCUT2D eigenvalue weighted by atomic mass is 9.87. The molecule has 1 aromatic carbocycles. The fourth-order valence-electron chi connectivity index (χ4n) is 3.89. The van der Waals surface area contributed by atoms with E-state index in [0.29, 0.717) is 13.0 Å². The van der Waals surface area contributed by atoms with Crippen molar-refractivity contribution in [2.45, 2.75) is 39.8 Å². The Morgan fingerprint density at radius 3 is 2.83 bits per heavy atom. The van der Waals surface area contributed by atoms with E-state index >= 15 is 0 Å². The number of carbonyl (C=O) groups is 1. The molecule has 2 aliphatic rings. The van der Waals surface area contributed by atoms with Crippen LogP contribution in [0, 0.1) is 12.3 Å². The van der Waals surface area contributed by atoms with Gasteiger partial charge in [0, 0.05) is 44.1 Å². The van der Waals surface area contributed by atoms with Crippen molar-refractivity contribution in [2.24, 2.45) is 5.41 Å². The zero-order valence-corrected chi connectivity index (χ0v) is 14.5. The highest BCUT2D eigenvalue weighted by atomic mass is 16.5. The van der Waals surface area contributed by atoms with Crippen molar-refractivity contribution in [2.75, 3.05) is 32.8 Å². The molecule has 1 amide bonds. The van der Waals surface area contributed by atoms with Crippen LogP contribution in [0.15, 0.2) is 24.3 Å². The number of likely N-dealkylation sites (tertiary alicyclic amines) is 1. The van der Waals surface area contributed by atoms with E-state index in [1.807, 2.05) is 4.90 Å². The number of ether oxygens (including phenoxy) is 1. The third-order valence-electron chi connectivity index (χ3n) is 4.98. The second-order valence-corrected chi connectivity index (χ2v) is 7.54. The van der Waals surface area contributed by atoms with E-state index in [1.165, 1.54) is 11.1 Å². The molecule has 4 nitrogen and oxygen atoms in total. The molecule has 0 radical (unpaired) electrons. The maximum absolute atomic E-state index is 12.4. The first-order valence-electron chi connectivity index (χ1n) is 8.63. The summed E-state index contributed by atoms with van der Waals surface area (Å²) in [4.78, 5) is 16.8. The van der Waals surface area contributed by atoms with E-state index in [1.54, 1.807) is 0 Å². The third kappa shape index (κ3) is 3.75. The predicted octanol–water partition coefficient (Wildman–Crippen LogP) is 2.45. The summed E-state index contributed by atoms with van der Waals surface area (Å²) < 4.78 is 5.88. The topological polar surface area (TPSA) is 32.8 Å². The molecule has 2 heterocycles. The van der Waals surface area contributed by atoms with Gasteiger partial charge in [0.2, 0.25) is 5.91 Å². The zero-order chi connectivity index (χ0) is 16.4. The summed E-state index contributed by atoms with van der Waals surface area (Å²) in [5.74, 6) is 0.279. The molecule has 2 fully saturated rings. The second kappa shape index (κ2) is 6.62. The minimum Gasteiger partial charge on any atom is -0.379 e. The van der Waals surface area contributed by atoms with Gasteiger partial charge in [-0.3, -0.25) is 9.69 Å². The predicted molar refractivity (Wildman–Crippen MR) is 91.2 cm³/mol. The van der Waals surface area contributed by atoms with Crippen LogP contribution < -0.4 is 0 Å². The number of aryl methyl sites for hydroxylation is 1. The lowest BCUT2D eigenvalue weighted by Crippen LogP contribution is -2.41. The van der Waals surface area contributed by atoms with Gasteiger partial charge < -0.3 is 9.64 Å². The number of nitrogens with zero attached hydrogens (tertiary/aromatic N) is 2. The van der Waals surface area contributed by atoms with Crippen molar-refractivity contribution in [3.8, 4) is 0 Å². The summed E-state index contributed by atoms with van der Waals surface area (Å²) in [5, 5.41) is 0. The molecular formula is C19H28N2O2. The number of amides is 1. The molecule has 0 unspecified atom stereocenters. The van der Waals surface area contributed by atoms with Gasteiger partial charge in [-0.2, -0.15) is 0 Å². The molecule has 0 N–H and O–H groups in total. The van der Waals surface area contributed by atoms with Crippen LogP contribution in [0.5, 0.6) is 0 Å². The summed E-state index contributed by atoms with van der Waals surface area (Å²) in [5.41, 5.74) is 2.60. The van der Waals surface area contributed by atoms with E-state index < -0.39 is 0 Å². The van der Waals surface area contributed by atoms with E-state index in [0.717, 1.165) is 32.8 Å². The number of hydrogen-bond acceptors (Lipinski definition) is 3. The minimum atomic E-state index is -0.0400. The fourth-order valence-corrected chi connectivity index (χ4v) is 3.89. The average Bonchev–Trinajstić information content (AvgIpc) is 2.68. The molecule has 2 saturated heterocycles. The SMILES string of the molecule is Cc1cccc(CN2CCOC[C@@]3(CC(=O)N(C(C)C)C3)C2)c1. The Hall–Kier alpha value is -1.39. The lowest BCUT2D eigenvalue weighted by molar-refractivity contribution is -0.129. The number of rotatable bonds is 3. The maximum atomic E-state index is 12.4. The van der Waals surface area contributed by atoms with Crippen molar-refractivity contribution >= 4 is 5.91 Å². The van der Waals surface area contributed by atoms with Crippen molar-refractivity contribution in [1.29, 1.82) is 0 Å². The Balaban J connectivity index is 1.73. The smallest absolute Gasteiger partial charge is 0.223 e. The molecule has 1 spiro atoms. The molecule has 23 heavy (non-hydrogen) atoms. The van der Waals surface area contributed by atoms with Gasteiger partial charge in [0.15, 0.2) is 0 Å². The van der Waals surface area contributed by atoms with Crippen LogP contribution in [-0.2, 0) is 16.1 Å². The minimum absolute atomic E-state index is 0.0400. The van der Waals surface area contributed by atoms with E-state index in [9.17, 15) is 4.79 Å². The summed E-state index contributed by atoms with van der Waals surface area (Å²) >= 11 is 0. The maximum Gasteiger partial charge on any atom is 0.223 e. The number of carbonyl (C=O) groups excluding carboxylic acids is 1. The highest BCUT2D eigenvalue weighted by Gasteiger charge is 2.46. The Morgan fingerprint density at radius 2 is 2.13 bits per heavy atom. The second-order valence-electron chi connectivity index (χ2n) is 7.54. The van der Waals surface area contributed by atoms with Crippen LogP contribution in [0.1, 0.15) is 31.4 Å². The summed E-state index contributed by atoms with van der Waals surface area (Å²) in [7, 11) is 0. The van der Waals surface area contributed by atoms with Gasteiger partial charge >= 0.3 is 0 Å². The fraction of sp³-hybridized carbons (Fsp3) is 0.632. The number of benzene rings is 1. The van der Waals surface area contributed by atoms with Gasteiger partial charge in [-0.05, 0) is 26.3 Å². The molecule has 126 valence electrons. The van der Waals surface area contributed by atoms with Crippen molar-refractivity contribution in [1.82, 2.24) is 9.80 Å². The Morgan fingerprint density at radius 1 is 1.30 bits per heavy atom. The lowest BCUT2D eigenvalue weighted by Gasteiger charge is -2.32. The third-order valence-corrected chi connectivity index (χ3v) is 4.98.